The lowest BCUT2D eigenvalue weighted by molar-refractivity contribution is -0.252. The molecule has 0 spiro atoms. The summed E-state index contributed by atoms with van der Waals surface area (Å²) in [5.41, 5.74) is 4.17. The molecule has 2 aliphatic heterocycles. The van der Waals surface area contributed by atoms with Gasteiger partial charge in [0.1, 0.15) is 23.5 Å². The van der Waals surface area contributed by atoms with Crippen molar-refractivity contribution in [2.24, 2.45) is 33.8 Å². The van der Waals surface area contributed by atoms with Gasteiger partial charge in [-0.2, -0.15) is 0 Å². The SMILES string of the molecule is C=CC1(C)CC(O)C2(C)C3C(=O)CCC3(CCC2(C)OC(=O)CN2CCN(C(=O)CCn3c(C)nc4c(N5CCC(N)C5)ncnc43)CC2)C(C)C1O. The van der Waals surface area contributed by atoms with E-state index in [0.29, 0.717) is 70.5 Å². The van der Waals surface area contributed by atoms with E-state index in [1.54, 1.807) is 12.4 Å². The minimum Gasteiger partial charge on any atom is -0.458 e. The number of nitrogens with zero attached hydrogens (tertiary/aromatic N) is 7. The second-order valence-corrected chi connectivity index (χ2v) is 17.4. The van der Waals surface area contributed by atoms with Crippen LogP contribution in [0, 0.1) is 35.0 Å². The first kappa shape index (κ1) is 37.8. The number of aliphatic hydroxyl groups excluding tert-OH is 2. The van der Waals surface area contributed by atoms with Crippen LogP contribution in [-0.4, -0.2) is 127 Å². The van der Waals surface area contributed by atoms with Crippen LogP contribution in [0.25, 0.3) is 11.2 Å². The summed E-state index contributed by atoms with van der Waals surface area (Å²) >= 11 is 0. The number of rotatable bonds is 8. The summed E-state index contributed by atoms with van der Waals surface area (Å²) in [6.45, 7) is 17.8. The Balaban J connectivity index is 0.975. The van der Waals surface area contributed by atoms with Crippen molar-refractivity contribution < 1.29 is 29.3 Å². The topological polar surface area (TPSA) is 180 Å². The summed E-state index contributed by atoms with van der Waals surface area (Å²) in [7, 11) is 0. The third-order valence-corrected chi connectivity index (χ3v) is 14.6. The van der Waals surface area contributed by atoms with Crippen LogP contribution < -0.4 is 10.6 Å². The molecule has 5 aliphatic rings. The Hall–Kier alpha value is -3.46. The average molecular weight is 735 g/mol. The van der Waals surface area contributed by atoms with E-state index in [1.165, 1.54) is 0 Å². The van der Waals surface area contributed by atoms with Crippen molar-refractivity contribution >= 4 is 34.6 Å². The van der Waals surface area contributed by atoms with Crippen molar-refractivity contribution in [3.63, 3.8) is 0 Å². The summed E-state index contributed by atoms with van der Waals surface area (Å²) < 4.78 is 8.39. The van der Waals surface area contributed by atoms with E-state index in [4.69, 9.17) is 15.5 Å². The number of piperazine rings is 1. The van der Waals surface area contributed by atoms with E-state index in [0.717, 1.165) is 36.7 Å². The quantitative estimate of drug-likeness (QED) is 0.266. The maximum Gasteiger partial charge on any atom is 0.320 e. The molecule has 3 saturated carbocycles. The van der Waals surface area contributed by atoms with Crippen molar-refractivity contribution in [3.8, 4) is 0 Å². The predicted octanol–water partition coefficient (Wildman–Crippen LogP) is 2.23. The highest BCUT2D eigenvalue weighted by Gasteiger charge is 2.72. The van der Waals surface area contributed by atoms with Crippen LogP contribution in [0.3, 0.4) is 0 Å². The fourth-order valence-electron chi connectivity index (χ4n) is 11.0. The highest BCUT2D eigenvalue weighted by atomic mass is 16.6. The normalized spacial score (nSPS) is 37.7. The molecule has 1 amide bonds. The lowest BCUT2D eigenvalue weighted by Gasteiger charge is -2.64. The summed E-state index contributed by atoms with van der Waals surface area (Å²) in [4.78, 5) is 60.6. The van der Waals surface area contributed by atoms with Crippen LogP contribution in [0.4, 0.5) is 5.82 Å². The number of nitrogens with two attached hydrogens (primary N) is 1. The van der Waals surface area contributed by atoms with Crippen LogP contribution in [0.1, 0.15) is 78.5 Å². The smallest absolute Gasteiger partial charge is 0.320 e. The molecule has 9 atom stereocenters. The number of imidazole rings is 1. The molecule has 4 N–H and O–H groups in total. The van der Waals surface area contributed by atoms with Crippen LogP contribution >= 0.6 is 0 Å². The second-order valence-electron chi connectivity index (χ2n) is 17.4. The van der Waals surface area contributed by atoms with Crippen molar-refractivity contribution in [2.45, 2.75) is 110 Å². The van der Waals surface area contributed by atoms with Gasteiger partial charge in [-0.3, -0.25) is 19.3 Å². The number of carbonyl (C=O) groups is 3. The fraction of sp³-hybridized carbons (Fsp3) is 0.744. The standard InChI is InChI=1S/C39H58N8O6/c1-7-36(4)20-28(49)38(6)32-27(48)8-11-39(32,24(2)33(36)52)13-12-37(38,5)53-30(51)22-44-16-18-45(19-17-44)29(50)10-15-47-25(3)43-31-34(41-23-42-35(31)47)46-14-9-26(40)21-46/h7,23-24,26,28,32-33,49,52H,1,8-22,40H2,2-6H3. The molecule has 0 radical (unpaired) electrons. The van der Waals surface area contributed by atoms with Crippen molar-refractivity contribution in [2.75, 3.05) is 50.7 Å². The number of aromatic nitrogens is 4. The number of fused-ring (bicyclic) bond motifs is 1. The minimum atomic E-state index is -1.10. The molecular weight excluding hydrogens is 676 g/mol. The highest BCUT2D eigenvalue weighted by Crippen LogP contribution is 2.69. The van der Waals surface area contributed by atoms with Gasteiger partial charge in [-0.05, 0) is 57.3 Å². The number of anilines is 1. The van der Waals surface area contributed by atoms with E-state index < -0.39 is 45.9 Å². The van der Waals surface area contributed by atoms with E-state index >= 15 is 0 Å². The Morgan fingerprint density at radius 1 is 1.09 bits per heavy atom. The zero-order valence-electron chi connectivity index (χ0n) is 32.1. The average Bonchev–Trinajstić information content (AvgIpc) is 3.82. The first-order valence-electron chi connectivity index (χ1n) is 19.5. The molecule has 9 unspecified atom stereocenters. The largest absolute Gasteiger partial charge is 0.458 e. The Morgan fingerprint density at radius 2 is 1.83 bits per heavy atom. The summed E-state index contributed by atoms with van der Waals surface area (Å²) in [5, 5.41) is 23.6. The number of hydrogen-bond donors (Lipinski definition) is 3. The number of carbonyl (C=O) groups excluding carboxylic acids is 3. The number of aliphatic hydroxyl groups is 2. The lowest BCUT2D eigenvalue weighted by atomic mass is 9.42. The summed E-state index contributed by atoms with van der Waals surface area (Å²) in [6.07, 6.45) is 5.08. The van der Waals surface area contributed by atoms with Gasteiger partial charge in [-0.25, -0.2) is 15.0 Å². The number of aryl methyl sites for hydroxylation is 2. The van der Waals surface area contributed by atoms with Crippen molar-refractivity contribution in [3.05, 3.63) is 24.8 Å². The molecule has 5 fully saturated rings. The van der Waals surface area contributed by atoms with Gasteiger partial charge >= 0.3 is 5.97 Å². The number of Topliss-reactive ketones (excluding diaryl/α,β-unsaturated/α-hetero) is 1. The van der Waals surface area contributed by atoms with Gasteiger partial charge in [0, 0.05) is 81.4 Å². The lowest BCUT2D eigenvalue weighted by Crippen LogP contribution is -2.69. The van der Waals surface area contributed by atoms with E-state index in [-0.39, 0.29) is 36.6 Å². The molecule has 2 aromatic rings. The molecule has 14 heteroatoms. The zero-order valence-corrected chi connectivity index (χ0v) is 32.1. The van der Waals surface area contributed by atoms with Gasteiger partial charge in [-0.1, -0.05) is 26.8 Å². The van der Waals surface area contributed by atoms with Gasteiger partial charge < -0.3 is 35.1 Å². The second kappa shape index (κ2) is 13.7. The Morgan fingerprint density at radius 3 is 2.51 bits per heavy atom. The van der Waals surface area contributed by atoms with E-state index in [1.807, 2.05) is 49.0 Å². The first-order valence-corrected chi connectivity index (χ1v) is 19.5. The Labute approximate surface area is 312 Å². The van der Waals surface area contributed by atoms with Crippen molar-refractivity contribution in [1.82, 2.24) is 29.3 Å². The molecule has 2 bridgehead atoms. The van der Waals surface area contributed by atoms with Crippen LogP contribution in [-0.2, 0) is 25.7 Å². The van der Waals surface area contributed by atoms with Crippen LogP contribution in [0.15, 0.2) is 19.0 Å². The molecule has 7 rings (SSSR count). The monoisotopic (exact) mass is 734 g/mol. The van der Waals surface area contributed by atoms with E-state index in [2.05, 4.69) is 21.4 Å². The third-order valence-electron chi connectivity index (χ3n) is 14.6. The Kier molecular flexibility index (Phi) is 9.77. The maximum absolute atomic E-state index is 13.7. The summed E-state index contributed by atoms with van der Waals surface area (Å²) in [6, 6.07) is 0.111. The maximum atomic E-state index is 13.7. The molecule has 3 aliphatic carbocycles. The van der Waals surface area contributed by atoms with Gasteiger partial charge in [-0.15, -0.1) is 6.58 Å². The predicted molar refractivity (Wildman–Crippen MR) is 199 cm³/mol. The number of esters is 1. The molecule has 4 heterocycles. The summed E-state index contributed by atoms with van der Waals surface area (Å²) in [5.74, 6) is 0.537. The number of amides is 1. The third kappa shape index (κ3) is 6.08. The van der Waals surface area contributed by atoms with Crippen LogP contribution in [0.2, 0.25) is 0 Å². The van der Waals surface area contributed by atoms with Gasteiger partial charge in [0.05, 0.1) is 18.8 Å². The number of ketones is 1. The first-order chi connectivity index (χ1) is 25.1. The molecule has 2 saturated heterocycles. The molecule has 0 aromatic carbocycles. The molecular formula is C39H58N8O6. The molecule has 53 heavy (non-hydrogen) atoms. The minimum absolute atomic E-state index is 0.0322. The van der Waals surface area contributed by atoms with Gasteiger partial charge in [0.15, 0.2) is 17.0 Å². The molecule has 2 aromatic heterocycles. The van der Waals surface area contributed by atoms with Crippen molar-refractivity contribution in [1.29, 1.82) is 0 Å². The van der Waals surface area contributed by atoms with Gasteiger partial charge in [0.25, 0.3) is 0 Å². The molecule has 14 nitrogen and oxygen atoms in total. The van der Waals surface area contributed by atoms with E-state index in [9.17, 15) is 24.6 Å². The fourth-order valence-corrected chi connectivity index (χ4v) is 11.0. The van der Waals surface area contributed by atoms with Gasteiger partial charge in [0.2, 0.25) is 5.91 Å². The number of hydrogen-bond acceptors (Lipinski definition) is 12. The van der Waals surface area contributed by atoms with Crippen LogP contribution in [0.5, 0.6) is 0 Å². The zero-order chi connectivity index (χ0) is 38.1. The number of ether oxygens (including phenoxy) is 1. The molecule has 290 valence electrons. The highest BCUT2D eigenvalue weighted by molar-refractivity contribution is 5.86. The Bertz CT molecular complexity index is 1780.